The van der Waals surface area contributed by atoms with Gasteiger partial charge in [0.2, 0.25) is 0 Å². The normalized spacial score (nSPS) is 15.0. The molecular weight excluding hydrogens is 826 g/mol. The third kappa shape index (κ3) is 15.7. The van der Waals surface area contributed by atoms with Crippen LogP contribution in [0, 0.1) is 23.5 Å². The van der Waals surface area contributed by atoms with E-state index in [1.807, 2.05) is 24.3 Å². The first-order valence-electron chi connectivity index (χ1n) is 22.1. The number of hydrogen-bond donors (Lipinski definition) is 0. The van der Waals surface area contributed by atoms with E-state index in [0.717, 1.165) is 63.2 Å². The van der Waals surface area contributed by atoms with Crippen molar-refractivity contribution >= 4 is 37.0 Å². The van der Waals surface area contributed by atoms with E-state index in [1.54, 1.807) is 0 Å². The molecular formula is C56H64Cl2F2N2O. The Hall–Kier alpha value is -4.88. The van der Waals surface area contributed by atoms with Gasteiger partial charge in [-0.2, -0.15) is 0 Å². The molecule has 3 nitrogen and oxygen atoms in total. The predicted molar refractivity (Wildman–Crippen MR) is 266 cm³/mol. The number of halogens is 4. The van der Waals surface area contributed by atoms with Crippen LogP contribution in [0.25, 0.3) is 12.2 Å². The van der Waals surface area contributed by atoms with E-state index in [9.17, 15) is 8.78 Å². The summed E-state index contributed by atoms with van der Waals surface area (Å²) in [7, 11) is 0. The van der Waals surface area contributed by atoms with Gasteiger partial charge < -0.3 is 15.3 Å². The zero-order valence-electron chi connectivity index (χ0n) is 36.2. The highest BCUT2D eigenvalue weighted by Crippen LogP contribution is 2.39. The molecule has 0 saturated carbocycles. The zero-order valence-corrected chi connectivity index (χ0v) is 37.9. The Labute approximate surface area is 387 Å². The number of likely N-dealkylation sites (tertiary alicyclic amines) is 2. The van der Waals surface area contributed by atoms with Gasteiger partial charge in [0, 0.05) is 24.9 Å². The average Bonchev–Trinajstić information content (AvgIpc) is 3.31. The van der Waals surface area contributed by atoms with E-state index < -0.39 is 0 Å². The minimum absolute atomic E-state index is 0. The quantitative estimate of drug-likeness (QED) is 0.109. The Bertz CT molecular complexity index is 1920. The molecule has 0 atom stereocenters. The van der Waals surface area contributed by atoms with Crippen molar-refractivity contribution in [2.24, 2.45) is 11.8 Å². The molecule has 0 aliphatic carbocycles. The van der Waals surface area contributed by atoms with Crippen LogP contribution >= 0.6 is 24.8 Å². The fourth-order valence-electron chi connectivity index (χ4n) is 9.24. The van der Waals surface area contributed by atoms with E-state index in [1.165, 1.54) is 72.2 Å². The van der Waals surface area contributed by atoms with Gasteiger partial charge in [0.25, 0.3) is 0 Å². The first-order valence-corrected chi connectivity index (χ1v) is 22.1. The maximum atomic E-state index is 13.0. The van der Waals surface area contributed by atoms with Crippen LogP contribution in [0.5, 0.6) is 0 Å². The summed E-state index contributed by atoms with van der Waals surface area (Å²) in [4.78, 5) is 5.16. The number of nitrogens with zero attached hydrogens (tertiary/aromatic N) is 2. The lowest BCUT2D eigenvalue weighted by Crippen LogP contribution is -2.36. The maximum Gasteiger partial charge on any atom is 0.123 e. The number of piperidine rings is 2. The van der Waals surface area contributed by atoms with Gasteiger partial charge in [0.05, 0.1) is 0 Å². The summed E-state index contributed by atoms with van der Waals surface area (Å²) < 4.78 is 26.0. The molecule has 0 radical (unpaired) electrons. The van der Waals surface area contributed by atoms with Crippen LogP contribution in [0.4, 0.5) is 8.78 Å². The third-order valence-corrected chi connectivity index (χ3v) is 12.4. The topological polar surface area (TPSA) is 38.0 Å². The molecule has 332 valence electrons. The Morgan fingerprint density at radius 1 is 0.413 bits per heavy atom. The van der Waals surface area contributed by atoms with Crippen LogP contribution in [0.3, 0.4) is 0 Å². The molecule has 7 heteroatoms. The molecule has 2 fully saturated rings. The van der Waals surface area contributed by atoms with Gasteiger partial charge in [-0.1, -0.05) is 170 Å². The summed E-state index contributed by atoms with van der Waals surface area (Å²) >= 11 is 0. The molecule has 2 aliphatic heterocycles. The highest BCUT2D eigenvalue weighted by molar-refractivity contribution is 5.85. The first kappa shape index (κ1) is 50.8. The smallest absolute Gasteiger partial charge is 0.123 e. The lowest BCUT2D eigenvalue weighted by atomic mass is 9.76. The van der Waals surface area contributed by atoms with Gasteiger partial charge in [-0.25, -0.2) is 8.78 Å². The van der Waals surface area contributed by atoms with Crippen molar-refractivity contribution in [1.29, 1.82) is 0 Å². The van der Waals surface area contributed by atoms with E-state index in [2.05, 4.69) is 155 Å². The van der Waals surface area contributed by atoms with Crippen molar-refractivity contribution < 1.29 is 14.3 Å². The van der Waals surface area contributed by atoms with Gasteiger partial charge in [0.1, 0.15) is 11.6 Å². The Morgan fingerprint density at radius 2 is 0.683 bits per heavy atom. The van der Waals surface area contributed by atoms with Gasteiger partial charge in [-0.05, 0) is 134 Å². The van der Waals surface area contributed by atoms with Gasteiger partial charge >= 0.3 is 0 Å². The molecule has 2 saturated heterocycles. The van der Waals surface area contributed by atoms with Crippen LogP contribution < -0.4 is 0 Å². The average molecular weight is 890 g/mol. The lowest BCUT2D eigenvalue weighted by Gasteiger charge is -2.36. The summed E-state index contributed by atoms with van der Waals surface area (Å²) in [6.07, 6.45) is 15.6. The molecule has 0 bridgehead atoms. The van der Waals surface area contributed by atoms with Crippen molar-refractivity contribution in [3.63, 3.8) is 0 Å². The van der Waals surface area contributed by atoms with Gasteiger partial charge in [-0.3, -0.25) is 0 Å². The first-order chi connectivity index (χ1) is 29.6. The van der Waals surface area contributed by atoms with Crippen LogP contribution in [0.1, 0.15) is 83.7 Å². The zero-order chi connectivity index (χ0) is 41.2. The van der Waals surface area contributed by atoms with Crippen LogP contribution in [0.15, 0.2) is 182 Å². The van der Waals surface area contributed by atoms with Crippen molar-refractivity contribution in [3.05, 3.63) is 227 Å². The molecule has 2 N–H and O–H groups in total. The number of benzene rings is 6. The van der Waals surface area contributed by atoms with E-state index in [4.69, 9.17) is 0 Å². The minimum atomic E-state index is -0.181. The third-order valence-electron chi connectivity index (χ3n) is 12.4. The SMILES string of the molecule is Cl.Cl.Fc1ccc(C=CCCN2CCC(C(c3ccccc3)c3ccccc3)CC2)cc1.Fc1ccc(C=CCCN2CCC(C(c3ccccc3)c3ccccc3)CC2)cc1.O. The number of hydrogen-bond acceptors (Lipinski definition) is 2. The van der Waals surface area contributed by atoms with Gasteiger partial charge in [-0.15, -0.1) is 24.8 Å². The molecule has 63 heavy (non-hydrogen) atoms. The second-order valence-corrected chi connectivity index (χ2v) is 16.4. The van der Waals surface area contributed by atoms with Crippen molar-refractivity contribution in [2.45, 2.75) is 50.4 Å². The molecule has 2 aliphatic rings. The largest absolute Gasteiger partial charge is 0.412 e. The second-order valence-electron chi connectivity index (χ2n) is 16.4. The van der Waals surface area contributed by atoms with Gasteiger partial charge in [0.15, 0.2) is 0 Å². The van der Waals surface area contributed by atoms with E-state index in [0.29, 0.717) is 23.7 Å². The molecule has 0 unspecified atom stereocenters. The standard InChI is InChI=1S/2C28H30FN.2ClH.H2O/c2*29-27-16-14-23(15-17-27)9-7-8-20-30-21-18-26(19-22-30)28(24-10-3-1-4-11-24)25-12-5-2-6-13-25;;;/h2*1-7,9-17,26,28H,8,18-22H2;2*1H;1H2. The molecule has 0 aromatic heterocycles. The fourth-order valence-corrected chi connectivity index (χ4v) is 9.24. The van der Waals surface area contributed by atoms with Crippen molar-refractivity contribution in [2.75, 3.05) is 39.3 Å². The highest BCUT2D eigenvalue weighted by Gasteiger charge is 2.30. The second kappa shape index (κ2) is 27.3. The summed E-state index contributed by atoms with van der Waals surface area (Å²) in [6, 6.07) is 57.3. The summed E-state index contributed by atoms with van der Waals surface area (Å²) in [5.74, 6) is 1.96. The van der Waals surface area contributed by atoms with Crippen LogP contribution in [0.2, 0.25) is 0 Å². The van der Waals surface area contributed by atoms with Crippen LogP contribution in [-0.2, 0) is 0 Å². The monoisotopic (exact) mass is 888 g/mol. The number of rotatable bonds is 14. The minimum Gasteiger partial charge on any atom is -0.412 e. The van der Waals surface area contributed by atoms with Crippen molar-refractivity contribution in [1.82, 2.24) is 9.80 Å². The predicted octanol–water partition coefficient (Wildman–Crippen LogP) is 13.6. The Balaban J connectivity index is 0.000000264. The molecule has 6 aromatic rings. The summed E-state index contributed by atoms with van der Waals surface area (Å²) in [5.41, 5.74) is 7.86. The van der Waals surface area contributed by atoms with E-state index >= 15 is 0 Å². The molecule has 6 aromatic carbocycles. The Kier molecular flexibility index (Phi) is 22.0. The summed E-state index contributed by atoms with van der Waals surface area (Å²) in [6.45, 7) is 6.81. The summed E-state index contributed by atoms with van der Waals surface area (Å²) in [5, 5.41) is 0. The molecule has 0 spiro atoms. The molecule has 0 amide bonds. The molecule has 8 rings (SSSR count). The maximum absolute atomic E-state index is 13.0. The van der Waals surface area contributed by atoms with Crippen molar-refractivity contribution in [3.8, 4) is 0 Å². The van der Waals surface area contributed by atoms with Crippen LogP contribution in [-0.4, -0.2) is 54.5 Å². The lowest BCUT2D eigenvalue weighted by molar-refractivity contribution is 0.178. The fraction of sp³-hybridized carbons (Fsp3) is 0.286. The van der Waals surface area contributed by atoms with E-state index in [-0.39, 0.29) is 41.9 Å². The molecule has 2 heterocycles. The highest BCUT2D eigenvalue weighted by atomic mass is 35.5. The Morgan fingerprint density at radius 3 is 0.952 bits per heavy atom.